The predicted octanol–water partition coefficient (Wildman–Crippen LogP) is 3.52. The Balaban J connectivity index is 2.51. The number of methoxy groups -OCH3 is 1. The number of ether oxygens (including phenoxy) is 1. The number of nitriles is 1. The average Bonchev–Trinajstić information content (AvgIpc) is 2.93. The topological polar surface area (TPSA) is 141 Å². The lowest BCUT2D eigenvalue weighted by Gasteiger charge is -2.14. The van der Waals surface area contributed by atoms with Crippen LogP contribution in [-0.2, 0) is 0 Å². The van der Waals surface area contributed by atoms with Crippen LogP contribution in [0.3, 0.4) is 0 Å². The van der Waals surface area contributed by atoms with Crippen molar-refractivity contribution in [2.75, 3.05) is 18.6 Å². The van der Waals surface area contributed by atoms with Gasteiger partial charge in [-0.2, -0.15) is 5.26 Å². The minimum atomic E-state index is -0.680. The van der Waals surface area contributed by atoms with Crippen LogP contribution in [-0.4, -0.2) is 18.0 Å². The summed E-state index contributed by atoms with van der Waals surface area (Å²) in [5, 5.41) is 10.4. The summed E-state index contributed by atoms with van der Waals surface area (Å²) < 4.78 is 5.69. The number of pyridine rings is 1. The third-order valence-corrected chi connectivity index (χ3v) is 6.32. The van der Waals surface area contributed by atoms with Crippen molar-refractivity contribution in [2.45, 2.75) is 0 Å². The summed E-state index contributed by atoms with van der Waals surface area (Å²) in [4.78, 5) is 16.4. The summed E-state index contributed by atoms with van der Waals surface area (Å²) in [6, 6.07) is 5.42. The van der Waals surface area contributed by atoms with E-state index in [9.17, 15) is 10.1 Å². The molecule has 0 atom stereocenters. The van der Waals surface area contributed by atoms with E-state index in [0.717, 1.165) is 11.3 Å². The maximum absolute atomic E-state index is 11.7. The van der Waals surface area contributed by atoms with Crippen molar-refractivity contribution in [3.05, 3.63) is 32.1 Å². The molecular weight excluding hydrogens is 442 g/mol. The molecule has 2 heterocycles. The van der Waals surface area contributed by atoms with E-state index in [1.54, 1.807) is 12.1 Å². The van der Waals surface area contributed by atoms with E-state index in [4.69, 9.17) is 33.5 Å². The summed E-state index contributed by atoms with van der Waals surface area (Å²) in [7, 11) is 1.49. The van der Waals surface area contributed by atoms with E-state index in [2.05, 4.69) is 20.9 Å². The van der Waals surface area contributed by atoms with Gasteiger partial charge in [0, 0.05) is 15.4 Å². The average molecular weight is 453 g/mol. The first-order valence-corrected chi connectivity index (χ1v) is 9.04. The first-order valence-electron chi connectivity index (χ1n) is 7.05. The number of halogens is 2. The van der Waals surface area contributed by atoms with Crippen molar-refractivity contribution in [2.24, 2.45) is 5.73 Å². The minimum absolute atomic E-state index is 0.0195. The molecule has 0 fully saturated rings. The summed E-state index contributed by atoms with van der Waals surface area (Å²) in [5.41, 5.74) is 18.7. The quantitative estimate of drug-likeness (QED) is 0.555. The molecule has 10 heteroatoms. The number of nitrogen functional groups attached to an aromatic ring is 2. The largest absolute Gasteiger partial charge is 0.495 e. The highest BCUT2D eigenvalue weighted by atomic mass is 79.9. The van der Waals surface area contributed by atoms with Crippen molar-refractivity contribution >= 4 is 66.5 Å². The molecule has 1 aromatic carbocycles. The number of hydrogen-bond acceptors (Lipinski definition) is 7. The van der Waals surface area contributed by atoms with Crippen LogP contribution in [0.25, 0.3) is 21.3 Å². The molecule has 3 rings (SSSR count). The number of fused-ring (bicyclic) bond motifs is 1. The summed E-state index contributed by atoms with van der Waals surface area (Å²) >= 11 is 10.8. The third kappa shape index (κ3) is 2.63. The lowest BCUT2D eigenvalue weighted by Crippen LogP contribution is -2.10. The third-order valence-electron chi connectivity index (χ3n) is 3.78. The molecule has 0 saturated carbocycles. The minimum Gasteiger partial charge on any atom is -0.495 e. The Morgan fingerprint density at radius 2 is 2.12 bits per heavy atom. The molecule has 6 N–H and O–H groups in total. The Bertz CT molecular complexity index is 1120. The lowest BCUT2D eigenvalue weighted by atomic mass is 9.97. The summed E-state index contributed by atoms with van der Waals surface area (Å²) in [6.45, 7) is 0. The number of benzene rings is 1. The molecule has 0 aliphatic carbocycles. The van der Waals surface area contributed by atoms with Gasteiger partial charge in [-0.3, -0.25) is 4.79 Å². The number of rotatable bonds is 3. The van der Waals surface area contributed by atoms with Crippen LogP contribution in [0.2, 0.25) is 5.02 Å². The normalized spacial score (nSPS) is 10.7. The second kappa shape index (κ2) is 6.64. The van der Waals surface area contributed by atoms with Crippen LogP contribution in [0.4, 0.5) is 11.5 Å². The molecule has 0 aliphatic rings. The molecule has 0 bridgehead atoms. The van der Waals surface area contributed by atoms with Crippen molar-refractivity contribution in [1.29, 1.82) is 5.26 Å². The Hall–Kier alpha value is -2.54. The molecule has 26 heavy (non-hydrogen) atoms. The van der Waals surface area contributed by atoms with Gasteiger partial charge in [-0.15, -0.1) is 11.3 Å². The van der Waals surface area contributed by atoms with Crippen molar-refractivity contribution in [3.8, 4) is 22.9 Å². The first kappa shape index (κ1) is 18.3. The highest BCUT2D eigenvalue weighted by molar-refractivity contribution is 9.10. The molecule has 2 aromatic heterocycles. The zero-order valence-corrected chi connectivity index (χ0v) is 16.4. The van der Waals surface area contributed by atoms with Gasteiger partial charge < -0.3 is 21.9 Å². The molecular formula is C16H11BrClN5O2S. The highest BCUT2D eigenvalue weighted by Gasteiger charge is 2.25. The second-order valence-corrected chi connectivity index (χ2v) is 7.36. The fraction of sp³-hybridized carbons (Fsp3) is 0.0625. The van der Waals surface area contributed by atoms with Gasteiger partial charge in [-0.05, 0) is 33.6 Å². The number of carbonyl (C=O) groups excluding carboxylic acids is 1. The van der Waals surface area contributed by atoms with E-state index >= 15 is 0 Å². The SMILES string of the molecule is COc1ccc(-c2c(C#N)c(N)nc3sc(C(N)=O)c(N)c23)c(Br)c1Cl. The molecule has 0 saturated heterocycles. The van der Waals surface area contributed by atoms with Crippen LogP contribution >= 0.6 is 38.9 Å². The Morgan fingerprint density at radius 3 is 2.69 bits per heavy atom. The number of aromatic nitrogens is 1. The molecule has 0 aliphatic heterocycles. The van der Waals surface area contributed by atoms with Gasteiger partial charge in [0.25, 0.3) is 5.91 Å². The van der Waals surface area contributed by atoms with Crippen molar-refractivity contribution in [3.63, 3.8) is 0 Å². The van der Waals surface area contributed by atoms with Gasteiger partial charge in [0.2, 0.25) is 0 Å². The van der Waals surface area contributed by atoms with E-state index in [1.165, 1.54) is 7.11 Å². The highest BCUT2D eigenvalue weighted by Crippen LogP contribution is 2.47. The fourth-order valence-electron chi connectivity index (χ4n) is 2.62. The van der Waals surface area contributed by atoms with Crippen molar-refractivity contribution in [1.82, 2.24) is 4.98 Å². The lowest BCUT2D eigenvalue weighted by molar-refractivity contribution is 0.100. The molecule has 132 valence electrons. The van der Waals surface area contributed by atoms with Crippen LogP contribution in [0, 0.1) is 11.3 Å². The summed E-state index contributed by atoms with van der Waals surface area (Å²) in [6.07, 6.45) is 0. The molecule has 1 amide bonds. The van der Waals surface area contributed by atoms with E-state index < -0.39 is 5.91 Å². The number of amides is 1. The zero-order chi connectivity index (χ0) is 19.2. The van der Waals surface area contributed by atoms with E-state index in [-0.39, 0.29) is 21.9 Å². The fourth-order valence-corrected chi connectivity index (χ4v) is 4.35. The van der Waals surface area contributed by atoms with Gasteiger partial charge in [-0.25, -0.2) is 4.98 Å². The number of carbonyl (C=O) groups is 1. The standard InChI is InChI=1S/C16H11BrClN5O2S/c1-25-7-3-2-5(10(17)11(7)18)8-6(4-19)14(21)23-16-9(8)12(20)13(26-16)15(22)24/h2-3H,20H2,1H3,(H2,21,23)(H2,22,24). The van der Waals surface area contributed by atoms with Crippen LogP contribution < -0.4 is 21.9 Å². The number of thiophene rings is 1. The number of anilines is 2. The maximum atomic E-state index is 11.7. The van der Waals surface area contributed by atoms with Gasteiger partial charge in [0.15, 0.2) is 0 Å². The molecule has 7 nitrogen and oxygen atoms in total. The number of nitrogens with two attached hydrogens (primary N) is 3. The molecule has 0 spiro atoms. The number of primary amides is 1. The van der Waals surface area contributed by atoms with Crippen LogP contribution in [0.1, 0.15) is 15.2 Å². The van der Waals surface area contributed by atoms with Gasteiger partial charge in [-0.1, -0.05) is 11.6 Å². The van der Waals surface area contributed by atoms with Gasteiger partial charge in [0.05, 0.1) is 17.8 Å². The van der Waals surface area contributed by atoms with E-state index in [0.29, 0.717) is 36.6 Å². The van der Waals surface area contributed by atoms with Gasteiger partial charge in [0.1, 0.15) is 32.9 Å². The predicted molar refractivity (Wildman–Crippen MR) is 106 cm³/mol. The smallest absolute Gasteiger partial charge is 0.260 e. The van der Waals surface area contributed by atoms with E-state index in [1.807, 2.05) is 6.07 Å². The monoisotopic (exact) mass is 451 g/mol. The second-order valence-electron chi connectivity index (χ2n) is 5.19. The van der Waals surface area contributed by atoms with Gasteiger partial charge >= 0.3 is 0 Å². The molecule has 0 radical (unpaired) electrons. The molecule has 3 aromatic rings. The zero-order valence-electron chi connectivity index (χ0n) is 13.3. The van der Waals surface area contributed by atoms with Crippen molar-refractivity contribution < 1.29 is 9.53 Å². The van der Waals surface area contributed by atoms with Crippen LogP contribution in [0.15, 0.2) is 16.6 Å². The summed E-state index contributed by atoms with van der Waals surface area (Å²) in [5.74, 6) is -0.207. The molecule has 0 unspecified atom stereocenters. The Kier molecular flexibility index (Phi) is 4.66. The Morgan fingerprint density at radius 1 is 1.42 bits per heavy atom. The number of nitrogens with zero attached hydrogens (tertiary/aromatic N) is 2. The number of hydrogen-bond donors (Lipinski definition) is 3. The Labute approximate surface area is 165 Å². The first-order chi connectivity index (χ1) is 12.3. The van der Waals surface area contributed by atoms with Crippen LogP contribution in [0.5, 0.6) is 5.75 Å². The maximum Gasteiger partial charge on any atom is 0.260 e.